The van der Waals surface area contributed by atoms with Gasteiger partial charge in [-0.3, -0.25) is 9.59 Å². The van der Waals surface area contributed by atoms with Crippen molar-refractivity contribution in [2.75, 3.05) is 31.5 Å². The maximum Gasteiger partial charge on any atom is 0.313 e. The molecule has 2 aromatic rings. The van der Waals surface area contributed by atoms with Crippen LogP contribution < -0.4 is 10.6 Å². The highest BCUT2D eigenvalue weighted by molar-refractivity contribution is 7.99. The van der Waals surface area contributed by atoms with Crippen molar-refractivity contribution in [1.29, 1.82) is 0 Å². The van der Waals surface area contributed by atoms with Crippen LogP contribution in [-0.2, 0) is 9.59 Å². The molecule has 0 saturated carbocycles. The third-order valence-corrected chi connectivity index (χ3v) is 5.23. The lowest BCUT2D eigenvalue weighted by Crippen LogP contribution is -2.37. The molecule has 27 heavy (non-hydrogen) atoms. The Morgan fingerprint density at radius 2 is 1.59 bits per heavy atom. The highest BCUT2D eigenvalue weighted by Gasteiger charge is 2.15. The lowest BCUT2D eigenvalue weighted by atomic mass is 10.3. The Morgan fingerprint density at radius 1 is 0.926 bits per heavy atom. The Kier molecular flexibility index (Phi) is 8.87. The minimum atomic E-state index is -0.640. The summed E-state index contributed by atoms with van der Waals surface area (Å²) >= 11 is 1.55. The quantitative estimate of drug-likeness (QED) is 0.511. The van der Waals surface area contributed by atoms with Gasteiger partial charge in [0.1, 0.15) is 0 Å². The van der Waals surface area contributed by atoms with E-state index in [0.29, 0.717) is 12.2 Å². The van der Waals surface area contributed by atoms with Crippen molar-refractivity contribution in [3.8, 4) is 0 Å². The molecule has 0 aliphatic carbocycles. The minimum Gasteiger partial charge on any atom is -0.348 e. The van der Waals surface area contributed by atoms with E-state index in [0.717, 1.165) is 35.8 Å². The summed E-state index contributed by atoms with van der Waals surface area (Å²) in [5.74, 6) is -1.24. The van der Waals surface area contributed by atoms with E-state index in [2.05, 4.69) is 29.4 Å². The SMILES string of the molecule is CCN(CC)CCCNC(=O)C(=O)Nc1ccccc1Sc1ccccc1. The van der Waals surface area contributed by atoms with Gasteiger partial charge < -0.3 is 15.5 Å². The van der Waals surface area contributed by atoms with E-state index >= 15 is 0 Å². The first-order valence-electron chi connectivity index (χ1n) is 9.27. The van der Waals surface area contributed by atoms with Crippen molar-refractivity contribution in [2.24, 2.45) is 0 Å². The van der Waals surface area contributed by atoms with Crippen molar-refractivity contribution < 1.29 is 9.59 Å². The molecule has 0 fully saturated rings. The van der Waals surface area contributed by atoms with E-state index in [9.17, 15) is 9.59 Å². The largest absolute Gasteiger partial charge is 0.348 e. The second-order valence-corrected chi connectivity index (χ2v) is 7.12. The number of hydrogen-bond donors (Lipinski definition) is 2. The van der Waals surface area contributed by atoms with Gasteiger partial charge in [0, 0.05) is 16.3 Å². The summed E-state index contributed by atoms with van der Waals surface area (Å²) in [5, 5.41) is 5.41. The normalized spacial score (nSPS) is 10.6. The van der Waals surface area contributed by atoms with Gasteiger partial charge in [0.15, 0.2) is 0 Å². The van der Waals surface area contributed by atoms with E-state index in [1.807, 2.05) is 48.5 Å². The Morgan fingerprint density at radius 3 is 2.30 bits per heavy atom. The molecule has 0 unspecified atom stereocenters. The second-order valence-electron chi connectivity index (χ2n) is 6.00. The second kappa shape index (κ2) is 11.4. The van der Waals surface area contributed by atoms with Crippen LogP contribution in [0.15, 0.2) is 64.4 Å². The third-order valence-electron chi connectivity index (χ3n) is 4.14. The fraction of sp³-hybridized carbons (Fsp3) is 0.333. The number of nitrogens with one attached hydrogen (secondary N) is 2. The summed E-state index contributed by atoms with van der Waals surface area (Å²) in [7, 11) is 0. The molecule has 2 aromatic carbocycles. The Balaban J connectivity index is 1.87. The summed E-state index contributed by atoms with van der Waals surface area (Å²) in [5.41, 5.74) is 0.634. The molecule has 6 heteroatoms. The van der Waals surface area contributed by atoms with Crippen LogP contribution in [0.25, 0.3) is 0 Å². The van der Waals surface area contributed by atoms with Crippen molar-refractivity contribution in [3.05, 3.63) is 54.6 Å². The predicted molar refractivity (Wildman–Crippen MR) is 111 cm³/mol. The minimum absolute atomic E-state index is 0.489. The first-order chi connectivity index (χ1) is 13.1. The number of amides is 2. The zero-order valence-corrected chi connectivity index (χ0v) is 16.7. The maximum atomic E-state index is 12.2. The molecule has 0 aliphatic heterocycles. The molecule has 0 bridgehead atoms. The zero-order valence-electron chi connectivity index (χ0n) is 15.9. The van der Waals surface area contributed by atoms with Gasteiger partial charge in [0.05, 0.1) is 5.69 Å². The molecular formula is C21H27N3O2S. The van der Waals surface area contributed by atoms with Crippen LogP contribution in [0.3, 0.4) is 0 Å². The van der Waals surface area contributed by atoms with Gasteiger partial charge in [-0.05, 0) is 50.3 Å². The Hall–Kier alpha value is -2.31. The van der Waals surface area contributed by atoms with Gasteiger partial charge >= 0.3 is 11.8 Å². The zero-order chi connectivity index (χ0) is 19.5. The fourth-order valence-corrected chi connectivity index (χ4v) is 3.50. The van der Waals surface area contributed by atoms with E-state index in [1.54, 1.807) is 17.8 Å². The number of carbonyl (C=O) groups excluding carboxylic acids is 2. The molecule has 2 N–H and O–H groups in total. The van der Waals surface area contributed by atoms with Gasteiger partial charge in [0.25, 0.3) is 0 Å². The Labute approximate surface area is 165 Å². The van der Waals surface area contributed by atoms with Crippen LogP contribution >= 0.6 is 11.8 Å². The first kappa shape index (κ1) is 21.0. The fourth-order valence-electron chi connectivity index (χ4n) is 2.58. The molecule has 5 nitrogen and oxygen atoms in total. The molecular weight excluding hydrogens is 358 g/mol. The maximum absolute atomic E-state index is 12.2. The highest BCUT2D eigenvalue weighted by Crippen LogP contribution is 2.33. The Bertz CT molecular complexity index is 733. The highest BCUT2D eigenvalue weighted by atomic mass is 32.2. The standard InChI is InChI=1S/C21H27N3O2S/c1-3-24(4-2)16-10-15-22-20(25)21(26)23-18-13-8-9-14-19(18)27-17-11-6-5-7-12-17/h5-9,11-14H,3-4,10,15-16H2,1-2H3,(H,22,25)(H,23,26). The number of nitrogens with zero attached hydrogens (tertiary/aromatic N) is 1. The molecule has 144 valence electrons. The number of carbonyl (C=O) groups is 2. The van der Waals surface area contributed by atoms with Crippen LogP contribution in [-0.4, -0.2) is 42.9 Å². The van der Waals surface area contributed by atoms with Gasteiger partial charge in [0.2, 0.25) is 0 Å². The molecule has 0 heterocycles. The van der Waals surface area contributed by atoms with Crippen molar-refractivity contribution in [3.63, 3.8) is 0 Å². The predicted octanol–water partition coefficient (Wildman–Crippen LogP) is 3.62. The molecule has 0 radical (unpaired) electrons. The van der Waals surface area contributed by atoms with E-state index < -0.39 is 11.8 Å². The average Bonchev–Trinajstić information content (AvgIpc) is 2.70. The number of para-hydroxylation sites is 1. The lowest BCUT2D eigenvalue weighted by molar-refractivity contribution is -0.136. The van der Waals surface area contributed by atoms with Crippen molar-refractivity contribution >= 4 is 29.3 Å². The number of hydrogen-bond acceptors (Lipinski definition) is 4. The lowest BCUT2D eigenvalue weighted by Gasteiger charge is -2.17. The summed E-state index contributed by atoms with van der Waals surface area (Å²) in [4.78, 5) is 28.5. The van der Waals surface area contributed by atoms with Crippen LogP contribution in [0.2, 0.25) is 0 Å². The summed E-state index contributed by atoms with van der Waals surface area (Å²) < 4.78 is 0. The van der Waals surface area contributed by atoms with Crippen molar-refractivity contribution in [1.82, 2.24) is 10.2 Å². The van der Waals surface area contributed by atoms with Gasteiger partial charge in [-0.2, -0.15) is 0 Å². The molecule has 2 rings (SSSR count). The molecule has 0 saturated heterocycles. The van der Waals surface area contributed by atoms with Crippen LogP contribution in [0.5, 0.6) is 0 Å². The molecule has 2 amide bonds. The third kappa shape index (κ3) is 7.07. The summed E-state index contributed by atoms with van der Waals surface area (Å²) in [6.45, 7) is 7.59. The topological polar surface area (TPSA) is 61.4 Å². The first-order valence-corrected chi connectivity index (χ1v) is 10.1. The van der Waals surface area contributed by atoms with Crippen LogP contribution in [0.4, 0.5) is 5.69 Å². The van der Waals surface area contributed by atoms with Crippen molar-refractivity contribution in [2.45, 2.75) is 30.1 Å². The smallest absolute Gasteiger partial charge is 0.313 e. The number of benzene rings is 2. The average molecular weight is 386 g/mol. The number of anilines is 1. The van der Waals surface area contributed by atoms with Gasteiger partial charge in [-0.25, -0.2) is 0 Å². The molecule has 0 aliphatic rings. The van der Waals surface area contributed by atoms with E-state index in [-0.39, 0.29) is 0 Å². The summed E-state index contributed by atoms with van der Waals surface area (Å²) in [6, 6.07) is 17.4. The van der Waals surface area contributed by atoms with E-state index in [4.69, 9.17) is 0 Å². The molecule has 0 spiro atoms. The van der Waals surface area contributed by atoms with Gasteiger partial charge in [-0.1, -0.05) is 55.9 Å². The number of rotatable bonds is 9. The molecule has 0 atom stereocenters. The summed E-state index contributed by atoms with van der Waals surface area (Å²) in [6.07, 6.45) is 0.821. The molecule has 0 aromatic heterocycles. The van der Waals surface area contributed by atoms with Crippen LogP contribution in [0.1, 0.15) is 20.3 Å². The van der Waals surface area contributed by atoms with Crippen LogP contribution in [0, 0.1) is 0 Å². The van der Waals surface area contributed by atoms with E-state index in [1.165, 1.54) is 0 Å². The van der Waals surface area contributed by atoms with Gasteiger partial charge in [-0.15, -0.1) is 0 Å². The monoisotopic (exact) mass is 385 g/mol.